The van der Waals surface area contributed by atoms with E-state index in [0.29, 0.717) is 6.07 Å². The molecule has 0 spiro atoms. The average Bonchev–Trinajstić information content (AvgIpc) is 2.39. The van der Waals surface area contributed by atoms with E-state index in [1.54, 1.807) is 6.92 Å². The predicted octanol–water partition coefficient (Wildman–Crippen LogP) is 3.14. The molecule has 4 nitrogen and oxygen atoms in total. The highest BCUT2D eigenvalue weighted by atomic mass is 19.4. The number of rotatable bonds is 5. The molecule has 0 amide bonds. The molecule has 1 aromatic rings. The fraction of sp³-hybridized carbons (Fsp3) is 0.500. The number of aliphatic hydroxyl groups excluding tert-OH is 1. The van der Waals surface area contributed by atoms with Gasteiger partial charge in [-0.3, -0.25) is 0 Å². The lowest BCUT2D eigenvalue weighted by molar-refractivity contribution is -0.207. The molecule has 0 saturated heterocycles. The average molecular weight is 324 g/mol. The van der Waals surface area contributed by atoms with Crippen LogP contribution in [0.25, 0.3) is 0 Å². The first-order chi connectivity index (χ1) is 9.99. The molecular formula is C14H16F4O4. The molecule has 124 valence electrons. The lowest BCUT2D eigenvalue weighted by Crippen LogP contribution is -2.40. The number of hydrogen-bond acceptors (Lipinski definition) is 4. The third-order valence-electron chi connectivity index (χ3n) is 2.71. The van der Waals surface area contributed by atoms with E-state index < -0.39 is 41.0 Å². The van der Waals surface area contributed by atoms with Crippen LogP contribution in [-0.2, 0) is 9.53 Å². The van der Waals surface area contributed by atoms with Gasteiger partial charge in [0.15, 0.2) is 11.7 Å². The molecule has 0 heterocycles. The van der Waals surface area contributed by atoms with Crippen molar-refractivity contribution in [2.45, 2.75) is 38.7 Å². The van der Waals surface area contributed by atoms with Gasteiger partial charge in [0.2, 0.25) is 0 Å². The van der Waals surface area contributed by atoms with Crippen molar-refractivity contribution in [3.63, 3.8) is 0 Å². The Morgan fingerprint density at radius 3 is 2.41 bits per heavy atom. The van der Waals surface area contributed by atoms with Crippen LogP contribution in [0, 0.1) is 5.82 Å². The van der Waals surface area contributed by atoms with Crippen molar-refractivity contribution in [1.82, 2.24) is 0 Å². The molecule has 22 heavy (non-hydrogen) atoms. The number of benzene rings is 1. The number of carbonyl (C=O) groups excluding carboxylic acids is 1. The largest absolute Gasteiger partial charge is 0.476 e. The fourth-order valence-electron chi connectivity index (χ4n) is 1.62. The zero-order chi connectivity index (χ0) is 17.1. The first-order valence-electron chi connectivity index (χ1n) is 6.39. The summed E-state index contributed by atoms with van der Waals surface area (Å²) in [5.74, 6) is -2.23. The number of aliphatic hydroxyl groups is 1. The minimum absolute atomic E-state index is 0.0626. The van der Waals surface area contributed by atoms with E-state index in [4.69, 9.17) is 9.47 Å². The number of esters is 1. The van der Waals surface area contributed by atoms with Gasteiger partial charge in [0, 0.05) is 5.56 Å². The summed E-state index contributed by atoms with van der Waals surface area (Å²) in [6.45, 7) is 4.20. The standard InChI is InChI=1S/C14H16F4O4/c1-4-21-12(20)13(2,3)22-10-6-5-8(15)7-9(10)11(19)14(16,17)18/h5-7,11,19H,4H2,1-3H3. The van der Waals surface area contributed by atoms with Crippen molar-refractivity contribution in [3.8, 4) is 5.75 Å². The summed E-state index contributed by atoms with van der Waals surface area (Å²) in [4.78, 5) is 11.7. The van der Waals surface area contributed by atoms with Crippen LogP contribution < -0.4 is 4.74 Å². The minimum Gasteiger partial charge on any atom is -0.476 e. The lowest BCUT2D eigenvalue weighted by Gasteiger charge is -2.27. The molecule has 1 rings (SSSR count). The first-order valence-corrected chi connectivity index (χ1v) is 6.39. The van der Waals surface area contributed by atoms with Crippen LogP contribution >= 0.6 is 0 Å². The highest BCUT2D eigenvalue weighted by molar-refractivity contribution is 5.79. The molecule has 0 aliphatic heterocycles. The summed E-state index contributed by atoms with van der Waals surface area (Å²) >= 11 is 0. The molecular weight excluding hydrogens is 308 g/mol. The van der Waals surface area contributed by atoms with Gasteiger partial charge in [0.05, 0.1) is 6.61 Å². The SMILES string of the molecule is CCOC(=O)C(C)(C)Oc1ccc(F)cc1C(O)C(F)(F)F. The summed E-state index contributed by atoms with van der Waals surface area (Å²) in [6.07, 6.45) is -7.93. The second-order valence-electron chi connectivity index (χ2n) is 4.96. The Hall–Kier alpha value is -1.83. The van der Waals surface area contributed by atoms with E-state index in [2.05, 4.69) is 0 Å². The van der Waals surface area contributed by atoms with E-state index >= 15 is 0 Å². The molecule has 0 aromatic heterocycles. The third kappa shape index (κ3) is 4.33. The van der Waals surface area contributed by atoms with E-state index in [0.717, 1.165) is 12.1 Å². The Morgan fingerprint density at radius 1 is 1.32 bits per heavy atom. The fourth-order valence-corrected chi connectivity index (χ4v) is 1.62. The number of hydrogen-bond donors (Lipinski definition) is 1. The highest BCUT2D eigenvalue weighted by Crippen LogP contribution is 2.38. The summed E-state index contributed by atoms with van der Waals surface area (Å²) in [6, 6.07) is 2.29. The summed E-state index contributed by atoms with van der Waals surface area (Å²) in [5, 5.41) is 9.31. The van der Waals surface area contributed by atoms with Gasteiger partial charge in [0.1, 0.15) is 11.6 Å². The Morgan fingerprint density at radius 2 is 1.91 bits per heavy atom. The predicted molar refractivity (Wildman–Crippen MR) is 68.8 cm³/mol. The number of halogens is 4. The molecule has 1 N–H and O–H groups in total. The summed E-state index contributed by atoms with van der Waals surface area (Å²) < 4.78 is 61.1. The Kier molecular flexibility index (Phi) is 5.39. The van der Waals surface area contributed by atoms with Gasteiger partial charge in [-0.2, -0.15) is 13.2 Å². The second-order valence-corrected chi connectivity index (χ2v) is 4.96. The maximum Gasteiger partial charge on any atom is 0.418 e. The Balaban J connectivity index is 3.18. The molecule has 1 aromatic carbocycles. The van der Waals surface area contributed by atoms with Crippen molar-refractivity contribution in [2.75, 3.05) is 6.61 Å². The first kappa shape index (κ1) is 18.2. The van der Waals surface area contributed by atoms with Crippen molar-refractivity contribution in [3.05, 3.63) is 29.6 Å². The Labute approximate surface area is 124 Å². The number of carbonyl (C=O) groups is 1. The van der Waals surface area contributed by atoms with Crippen LogP contribution in [0.5, 0.6) is 5.75 Å². The van der Waals surface area contributed by atoms with Crippen LogP contribution in [0.4, 0.5) is 17.6 Å². The zero-order valence-electron chi connectivity index (χ0n) is 12.2. The molecule has 1 atom stereocenters. The molecule has 0 radical (unpaired) electrons. The van der Waals surface area contributed by atoms with Crippen molar-refractivity contribution in [1.29, 1.82) is 0 Å². The monoisotopic (exact) mass is 324 g/mol. The van der Waals surface area contributed by atoms with E-state index in [1.807, 2.05) is 0 Å². The molecule has 1 unspecified atom stereocenters. The molecule has 0 saturated carbocycles. The van der Waals surface area contributed by atoms with Crippen LogP contribution in [0.3, 0.4) is 0 Å². The van der Waals surface area contributed by atoms with E-state index in [1.165, 1.54) is 13.8 Å². The zero-order valence-corrected chi connectivity index (χ0v) is 12.2. The third-order valence-corrected chi connectivity index (χ3v) is 2.71. The van der Waals surface area contributed by atoms with Crippen LogP contribution in [0.1, 0.15) is 32.4 Å². The summed E-state index contributed by atoms with van der Waals surface area (Å²) in [5.41, 5.74) is -2.42. The summed E-state index contributed by atoms with van der Waals surface area (Å²) in [7, 11) is 0. The maximum absolute atomic E-state index is 13.2. The van der Waals surface area contributed by atoms with Crippen molar-refractivity contribution >= 4 is 5.97 Å². The van der Waals surface area contributed by atoms with Gasteiger partial charge in [-0.25, -0.2) is 9.18 Å². The Bertz CT molecular complexity index is 540. The van der Waals surface area contributed by atoms with Crippen LogP contribution in [-0.4, -0.2) is 29.5 Å². The van der Waals surface area contributed by atoms with Crippen molar-refractivity contribution < 1.29 is 36.9 Å². The normalized spacial score (nSPS) is 13.6. The van der Waals surface area contributed by atoms with Crippen molar-refractivity contribution in [2.24, 2.45) is 0 Å². The smallest absolute Gasteiger partial charge is 0.418 e. The van der Waals surface area contributed by atoms with Gasteiger partial charge >= 0.3 is 12.1 Å². The molecule has 0 bridgehead atoms. The minimum atomic E-state index is -5.00. The van der Waals surface area contributed by atoms with Crippen LogP contribution in [0.2, 0.25) is 0 Å². The van der Waals surface area contributed by atoms with Crippen LogP contribution in [0.15, 0.2) is 18.2 Å². The number of alkyl halides is 3. The second kappa shape index (κ2) is 6.51. The lowest BCUT2D eigenvalue weighted by atomic mass is 10.1. The quantitative estimate of drug-likeness (QED) is 0.668. The van der Waals surface area contributed by atoms with E-state index in [9.17, 15) is 27.5 Å². The molecule has 8 heteroatoms. The topological polar surface area (TPSA) is 55.8 Å². The molecule has 0 aliphatic rings. The molecule has 0 fully saturated rings. The van der Waals surface area contributed by atoms with Gasteiger partial charge in [0.25, 0.3) is 0 Å². The van der Waals surface area contributed by atoms with Gasteiger partial charge < -0.3 is 14.6 Å². The van der Waals surface area contributed by atoms with Gasteiger partial charge in [-0.05, 0) is 39.0 Å². The van der Waals surface area contributed by atoms with Gasteiger partial charge in [-0.15, -0.1) is 0 Å². The molecule has 0 aliphatic carbocycles. The van der Waals surface area contributed by atoms with E-state index in [-0.39, 0.29) is 6.61 Å². The highest BCUT2D eigenvalue weighted by Gasteiger charge is 2.42. The van der Waals surface area contributed by atoms with Gasteiger partial charge in [-0.1, -0.05) is 0 Å². The number of ether oxygens (including phenoxy) is 2. The maximum atomic E-state index is 13.2.